The van der Waals surface area contributed by atoms with Gasteiger partial charge in [-0.3, -0.25) is 0 Å². The van der Waals surface area contributed by atoms with E-state index in [2.05, 4.69) is 32.0 Å². The molecule has 0 bridgehead atoms. The summed E-state index contributed by atoms with van der Waals surface area (Å²) in [4.78, 5) is 13.6. The van der Waals surface area contributed by atoms with E-state index in [9.17, 15) is 4.79 Å². The number of anilines is 1. The average Bonchev–Trinajstić information content (AvgIpc) is 3.01. The largest absolute Gasteiger partial charge is 0.492 e. The van der Waals surface area contributed by atoms with Crippen LogP contribution in [0.15, 0.2) is 36.4 Å². The van der Waals surface area contributed by atoms with Crippen LogP contribution in [0, 0.1) is 0 Å². The fourth-order valence-corrected chi connectivity index (χ4v) is 3.61. The van der Waals surface area contributed by atoms with E-state index in [1.54, 1.807) is 6.07 Å². The molecule has 0 radical (unpaired) electrons. The number of piperidine rings is 1. The first kappa shape index (κ1) is 14.9. The van der Waals surface area contributed by atoms with Crippen LogP contribution in [0.3, 0.4) is 0 Å². The number of aromatic nitrogens is 2. The molecule has 1 aromatic carbocycles. The zero-order chi connectivity index (χ0) is 16.6. The van der Waals surface area contributed by atoms with Gasteiger partial charge >= 0.3 is 5.97 Å². The molecule has 6 heteroatoms. The zero-order valence-corrected chi connectivity index (χ0v) is 13.6. The summed E-state index contributed by atoms with van der Waals surface area (Å²) < 4.78 is 10.5. The first-order valence-corrected chi connectivity index (χ1v) is 8.11. The van der Waals surface area contributed by atoms with E-state index in [0.717, 1.165) is 44.1 Å². The summed E-state index contributed by atoms with van der Waals surface area (Å²) in [6, 6.07) is 11.8. The van der Waals surface area contributed by atoms with Crippen LogP contribution in [0.2, 0.25) is 0 Å². The number of carbonyl (C=O) groups excluding carboxylic acids is 1. The van der Waals surface area contributed by atoms with Crippen molar-refractivity contribution in [3.8, 4) is 5.75 Å². The molecule has 0 unspecified atom stereocenters. The number of para-hydroxylation sites is 1. The third kappa shape index (κ3) is 2.38. The van der Waals surface area contributed by atoms with Gasteiger partial charge in [-0.2, -0.15) is 0 Å². The van der Waals surface area contributed by atoms with Crippen molar-refractivity contribution in [1.29, 1.82) is 0 Å². The molecule has 1 aromatic heterocycles. The van der Waals surface area contributed by atoms with Crippen LogP contribution in [0.1, 0.15) is 28.9 Å². The molecule has 2 aliphatic heterocycles. The van der Waals surface area contributed by atoms with E-state index in [0.29, 0.717) is 0 Å². The zero-order valence-electron chi connectivity index (χ0n) is 13.6. The Labute approximate surface area is 140 Å². The van der Waals surface area contributed by atoms with Gasteiger partial charge in [-0.25, -0.2) is 4.79 Å². The maximum atomic E-state index is 11.4. The van der Waals surface area contributed by atoms with Gasteiger partial charge in [0.05, 0.1) is 13.7 Å². The predicted molar refractivity (Wildman–Crippen MR) is 88.4 cm³/mol. The second kappa shape index (κ2) is 5.78. The van der Waals surface area contributed by atoms with Crippen LogP contribution >= 0.6 is 0 Å². The lowest BCUT2D eigenvalue weighted by Gasteiger charge is -2.38. The summed E-state index contributed by atoms with van der Waals surface area (Å²) in [5.41, 5.74) is 1.68. The third-order valence-electron chi connectivity index (χ3n) is 5.05. The van der Waals surface area contributed by atoms with Crippen LogP contribution < -0.4 is 9.64 Å². The number of nitrogens with zero attached hydrogens (tertiary/aromatic N) is 3. The highest BCUT2D eigenvalue weighted by atomic mass is 16.5. The number of ether oxygens (including phenoxy) is 2. The quantitative estimate of drug-likeness (QED) is 0.789. The number of carbonyl (C=O) groups is 1. The van der Waals surface area contributed by atoms with Crippen molar-refractivity contribution < 1.29 is 14.3 Å². The molecule has 2 aromatic rings. The summed E-state index contributed by atoms with van der Waals surface area (Å²) in [5.74, 6) is 1.35. The smallest absolute Gasteiger partial charge is 0.358 e. The Balaban J connectivity index is 1.48. The van der Waals surface area contributed by atoms with Gasteiger partial charge in [0, 0.05) is 24.1 Å². The summed E-state index contributed by atoms with van der Waals surface area (Å²) in [6.45, 7) is 2.54. The Kier molecular flexibility index (Phi) is 3.59. The van der Waals surface area contributed by atoms with E-state index >= 15 is 0 Å². The highest BCUT2D eigenvalue weighted by molar-refractivity contribution is 5.86. The molecule has 24 heavy (non-hydrogen) atoms. The van der Waals surface area contributed by atoms with Crippen molar-refractivity contribution in [2.45, 2.75) is 18.3 Å². The number of fused-ring (bicyclic) bond motifs is 2. The molecule has 1 spiro atoms. The highest BCUT2D eigenvalue weighted by Gasteiger charge is 2.43. The second-order valence-electron chi connectivity index (χ2n) is 6.32. The molecule has 3 heterocycles. The van der Waals surface area contributed by atoms with Crippen molar-refractivity contribution in [2.24, 2.45) is 0 Å². The minimum atomic E-state index is -0.466. The van der Waals surface area contributed by atoms with Crippen molar-refractivity contribution in [3.05, 3.63) is 47.7 Å². The summed E-state index contributed by atoms with van der Waals surface area (Å²) in [5, 5.41) is 8.13. The molecule has 6 nitrogen and oxygen atoms in total. The molecule has 124 valence electrons. The first-order valence-electron chi connectivity index (χ1n) is 8.11. The van der Waals surface area contributed by atoms with Gasteiger partial charge in [0.25, 0.3) is 0 Å². The normalized spacial score (nSPS) is 18.1. The standard InChI is InChI=1S/C18H19N3O3/c1-23-17(22)14-6-7-16(20-19-14)21-10-8-18(9-11-21)12-24-15-5-3-2-4-13(15)18/h2-7H,8-12H2,1H3. The van der Waals surface area contributed by atoms with Crippen LogP contribution in [0.4, 0.5) is 5.82 Å². The minimum Gasteiger partial charge on any atom is -0.492 e. The monoisotopic (exact) mass is 325 g/mol. The number of esters is 1. The molecule has 0 amide bonds. The van der Waals surface area contributed by atoms with Crippen molar-refractivity contribution in [1.82, 2.24) is 10.2 Å². The Bertz CT molecular complexity index is 752. The SMILES string of the molecule is COC(=O)c1ccc(N2CCC3(CC2)COc2ccccc23)nn1. The van der Waals surface area contributed by atoms with Gasteiger partial charge in [-0.05, 0) is 31.0 Å². The van der Waals surface area contributed by atoms with Crippen LogP contribution in [-0.4, -0.2) is 43.0 Å². The number of rotatable bonds is 2. The fraction of sp³-hybridized carbons (Fsp3) is 0.389. The highest BCUT2D eigenvalue weighted by Crippen LogP contribution is 2.45. The van der Waals surface area contributed by atoms with E-state index in [1.165, 1.54) is 12.7 Å². The maximum Gasteiger partial charge on any atom is 0.358 e. The van der Waals surface area contributed by atoms with Gasteiger partial charge in [-0.15, -0.1) is 10.2 Å². The lowest BCUT2D eigenvalue weighted by atomic mass is 9.74. The lowest BCUT2D eigenvalue weighted by molar-refractivity contribution is 0.0592. The Morgan fingerprint density at radius 2 is 1.96 bits per heavy atom. The number of hydrogen-bond donors (Lipinski definition) is 0. The van der Waals surface area contributed by atoms with Crippen LogP contribution in [-0.2, 0) is 10.2 Å². The minimum absolute atomic E-state index is 0.118. The number of hydrogen-bond acceptors (Lipinski definition) is 6. The van der Waals surface area contributed by atoms with E-state index < -0.39 is 5.97 Å². The predicted octanol–water partition coefficient (Wildman–Crippen LogP) is 2.19. The summed E-state index contributed by atoms with van der Waals surface area (Å²) in [6.07, 6.45) is 2.04. The fourth-order valence-electron chi connectivity index (χ4n) is 3.61. The van der Waals surface area contributed by atoms with Crippen molar-refractivity contribution in [3.63, 3.8) is 0 Å². The summed E-state index contributed by atoms with van der Waals surface area (Å²) >= 11 is 0. The molecular formula is C18H19N3O3. The van der Waals surface area contributed by atoms with Gasteiger partial charge in [0.1, 0.15) is 5.75 Å². The van der Waals surface area contributed by atoms with Crippen LogP contribution in [0.25, 0.3) is 0 Å². The van der Waals surface area contributed by atoms with Crippen molar-refractivity contribution >= 4 is 11.8 Å². The van der Waals surface area contributed by atoms with E-state index in [1.807, 2.05) is 18.2 Å². The van der Waals surface area contributed by atoms with Crippen LogP contribution in [0.5, 0.6) is 5.75 Å². The van der Waals surface area contributed by atoms with E-state index in [-0.39, 0.29) is 11.1 Å². The Morgan fingerprint density at radius 1 is 1.17 bits per heavy atom. The summed E-state index contributed by atoms with van der Waals surface area (Å²) in [7, 11) is 1.34. The van der Waals surface area contributed by atoms with Gasteiger partial charge in [0.2, 0.25) is 0 Å². The Hall–Kier alpha value is -2.63. The maximum absolute atomic E-state index is 11.4. The number of methoxy groups -OCH3 is 1. The van der Waals surface area contributed by atoms with Gasteiger partial charge in [0.15, 0.2) is 11.5 Å². The molecule has 1 saturated heterocycles. The Morgan fingerprint density at radius 3 is 2.67 bits per heavy atom. The third-order valence-corrected chi connectivity index (χ3v) is 5.05. The second-order valence-corrected chi connectivity index (χ2v) is 6.32. The first-order chi connectivity index (χ1) is 11.7. The molecule has 0 N–H and O–H groups in total. The molecule has 0 atom stereocenters. The molecule has 4 rings (SSSR count). The van der Waals surface area contributed by atoms with Crippen molar-refractivity contribution in [2.75, 3.05) is 31.7 Å². The molecule has 2 aliphatic rings. The van der Waals surface area contributed by atoms with Gasteiger partial charge < -0.3 is 14.4 Å². The number of benzene rings is 1. The molecular weight excluding hydrogens is 306 g/mol. The lowest BCUT2D eigenvalue weighted by Crippen LogP contribution is -2.44. The van der Waals surface area contributed by atoms with E-state index in [4.69, 9.17) is 4.74 Å². The molecule has 0 saturated carbocycles. The molecule has 0 aliphatic carbocycles. The molecule has 1 fully saturated rings. The average molecular weight is 325 g/mol. The van der Waals surface area contributed by atoms with Gasteiger partial charge in [-0.1, -0.05) is 18.2 Å². The topological polar surface area (TPSA) is 64.5 Å².